The molecule has 0 aromatic rings. The minimum atomic E-state index is -0.387. The summed E-state index contributed by atoms with van der Waals surface area (Å²) in [7, 11) is 0. The van der Waals surface area contributed by atoms with Gasteiger partial charge in [-0.2, -0.15) is 0 Å². The number of carbonyl (C=O) groups is 2. The Bertz CT molecular complexity index is 191. The van der Waals surface area contributed by atoms with Gasteiger partial charge in [0, 0.05) is 12.3 Å². The number of amides is 1. The fourth-order valence-corrected chi connectivity index (χ4v) is 1.02. The number of hydrogen-bond donors (Lipinski definition) is 1. The summed E-state index contributed by atoms with van der Waals surface area (Å²) in [5.74, 6) is -0.113. The van der Waals surface area contributed by atoms with Gasteiger partial charge in [0.1, 0.15) is 0 Å². The first kappa shape index (κ1) is 11.1. The van der Waals surface area contributed by atoms with E-state index in [1.165, 1.54) is 6.92 Å². The van der Waals surface area contributed by atoms with Crippen LogP contribution in [0.3, 0.4) is 0 Å². The molecule has 0 aromatic carbocycles. The van der Waals surface area contributed by atoms with Gasteiger partial charge in [-0.25, -0.2) is 0 Å². The van der Waals surface area contributed by atoms with Crippen LogP contribution in [0, 0.1) is 5.41 Å². The Labute approximate surface area is 73.5 Å². The van der Waals surface area contributed by atoms with Crippen molar-refractivity contribution in [3.8, 4) is 0 Å². The van der Waals surface area contributed by atoms with Gasteiger partial charge in [-0.1, -0.05) is 20.8 Å². The summed E-state index contributed by atoms with van der Waals surface area (Å²) in [6.45, 7) is 8.64. The van der Waals surface area contributed by atoms with Gasteiger partial charge in [-0.15, -0.1) is 0 Å². The first-order valence-electron chi connectivity index (χ1n) is 4.06. The SMILES string of the molecule is CC(=O)N[C@H](C)C(=O)C(C)(C)C. The first-order chi connectivity index (χ1) is 5.25. The van der Waals surface area contributed by atoms with Gasteiger partial charge in [0.2, 0.25) is 5.91 Å². The summed E-state index contributed by atoms with van der Waals surface area (Å²) in [6.07, 6.45) is 0. The lowest BCUT2D eigenvalue weighted by molar-refractivity contribution is -0.131. The molecule has 0 aromatic heterocycles. The Hall–Kier alpha value is -0.860. The Morgan fingerprint density at radius 3 is 1.92 bits per heavy atom. The molecule has 0 spiro atoms. The van der Waals surface area contributed by atoms with Crippen molar-refractivity contribution < 1.29 is 9.59 Å². The normalized spacial score (nSPS) is 13.8. The van der Waals surface area contributed by atoms with Gasteiger partial charge in [-0.05, 0) is 6.92 Å². The second-order valence-electron chi connectivity index (χ2n) is 4.04. The summed E-state index contributed by atoms with van der Waals surface area (Å²) >= 11 is 0. The monoisotopic (exact) mass is 171 g/mol. The number of hydrogen-bond acceptors (Lipinski definition) is 2. The van der Waals surface area contributed by atoms with Gasteiger partial charge >= 0.3 is 0 Å². The number of nitrogens with one attached hydrogen (secondary N) is 1. The standard InChI is InChI=1S/C9H17NO2/c1-6(10-7(2)11)8(12)9(3,4)5/h6H,1-5H3,(H,10,11)/t6-/m1/s1. The van der Waals surface area contributed by atoms with Crippen molar-refractivity contribution in [2.75, 3.05) is 0 Å². The molecule has 3 heteroatoms. The van der Waals surface area contributed by atoms with Crippen molar-refractivity contribution >= 4 is 11.7 Å². The topological polar surface area (TPSA) is 46.2 Å². The van der Waals surface area contributed by atoms with E-state index in [0.29, 0.717) is 0 Å². The molecule has 0 aliphatic rings. The lowest BCUT2D eigenvalue weighted by Gasteiger charge is -2.21. The van der Waals surface area contributed by atoms with Crippen molar-refractivity contribution in [2.24, 2.45) is 5.41 Å². The van der Waals surface area contributed by atoms with Crippen LogP contribution < -0.4 is 5.32 Å². The Balaban J connectivity index is 4.21. The van der Waals surface area contributed by atoms with Gasteiger partial charge in [0.05, 0.1) is 6.04 Å². The van der Waals surface area contributed by atoms with Crippen molar-refractivity contribution in [3.63, 3.8) is 0 Å². The molecule has 0 aliphatic carbocycles. The van der Waals surface area contributed by atoms with Crippen LogP contribution in [0.2, 0.25) is 0 Å². The zero-order valence-corrected chi connectivity index (χ0v) is 8.39. The van der Waals surface area contributed by atoms with Gasteiger partial charge < -0.3 is 5.32 Å². The zero-order chi connectivity index (χ0) is 9.94. The van der Waals surface area contributed by atoms with Gasteiger partial charge in [-0.3, -0.25) is 9.59 Å². The van der Waals surface area contributed by atoms with Gasteiger partial charge in [0.15, 0.2) is 5.78 Å². The quantitative estimate of drug-likeness (QED) is 0.677. The summed E-state index contributed by atoms with van der Waals surface area (Å²) in [5.41, 5.74) is -0.387. The molecule has 0 rings (SSSR count). The van der Waals surface area contributed by atoms with Crippen LogP contribution >= 0.6 is 0 Å². The Morgan fingerprint density at radius 2 is 1.67 bits per heavy atom. The van der Waals surface area contributed by atoms with Crippen LogP contribution in [0.25, 0.3) is 0 Å². The van der Waals surface area contributed by atoms with E-state index in [1.54, 1.807) is 6.92 Å². The molecular weight excluding hydrogens is 154 g/mol. The summed E-state index contributed by atoms with van der Waals surface area (Å²) in [5, 5.41) is 2.56. The van der Waals surface area contributed by atoms with Crippen molar-refractivity contribution in [3.05, 3.63) is 0 Å². The third kappa shape index (κ3) is 3.51. The molecule has 0 unspecified atom stereocenters. The smallest absolute Gasteiger partial charge is 0.217 e. The predicted molar refractivity (Wildman–Crippen MR) is 47.7 cm³/mol. The fraction of sp³-hybridized carbons (Fsp3) is 0.778. The van der Waals surface area contributed by atoms with E-state index >= 15 is 0 Å². The minimum Gasteiger partial charge on any atom is -0.347 e. The van der Waals surface area contributed by atoms with Crippen LogP contribution in [0.4, 0.5) is 0 Å². The maximum Gasteiger partial charge on any atom is 0.217 e. The van der Waals surface area contributed by atoms with E-state index in [1.807, 2.05) is 20.8 Å². The molecule has 3 nitrogen and oxygen atoms in total. The number of Topliss-reactive ketones (excluding diaryl/α,β-unsaturated/α-hetero) is 1. The lowest BCUT2D eigenvalue weighted by atomic mass is 9.87. The van der Waals surface area contributed by atoms with E-state index in [0.717, 1.165) is 0 Å². The molecule has 0 fully saturated rings. The molecule has 12 heavy (non-hydrogen) atoms. The number of rotatable bonds is 2. The van der Waals surface area contributed by atoms with E-state index in [9.17, 15) is 9.59 Å². The highest BCUT2D eigenvalue weighted by Crippen LogP contribution is 2.16. The molecule has 70 valence electrons. The highest BCUT2D eigenvalue weighted by Gasteiger charge is 2.26. The van der Waals surface area contributed by atoms with E-state index in [-0.39, 0.29) is 23.1 Å². The van der Waals surface area contributed by atoms with E-state index in [2.05, 4.69) is 5.32 Å². The molecule has 0 bridgehead atoms. The molecule has 1 N–H and O–H groups in total. The third-order valence-corrected chi connectivity index (χ3v) is 1.55. The summed E-state index contributed by atoms with van der Waals surface area (Å²) in [6, 6.07) is -0.387. The van der Waals surface area contributed by atoms with Crippen molar-refractivity contribution in [1.29, 1.82) is 0 Å². The molecular formula is C9H17NO2. The highest BCUT2D eigenvalue weighted by atomic mass is 16.2. The van der Waals surface area contributed by atoms with Crippen molar-refractivity contribution in [2.45, 2.75) is 40.7 Å². The van der Waals surface area contributed by atoms with E-state index < -0.39 is 0 Å². The number of carbonyl (C=O) groups excluding carboxylic acids is 2. The lowest BCUT2D eigenvalue weighted by Crippen LogP contribution is -2.42. The molecule has 0 heterocycles. The second kappa shape index (κ2) is 3.70. The molecule has 0 radical (unpaired) electrons. The maximum atomic E-state index is 11.5. The van der Waals surface area contributed by atoms with Crippen LogP contribution in [0.5, 0.6) is 0 Å². The summed E-state index contributed by atoms with van der Waals surface area (Å²) in [4.78, 5) is 22.1. The Morgan fingerprint density at radius 1 is 1.25 bits per heavy atom. The Kier molecular flexibility index (Phi) is 3.43. The molecule has 1 atom stereocenters. The zero-order valence-electron chi connectivity index (χ0n) is 8.39. The predicted octanol–water partition coefficient (Wildman–Crippen LogP) is 1.13. The molecule has 0 saturated heterocycles. The van der Waals surface area contributed by atoms with Crippen LogP contribution in [0.1, 0.15) is 34.6 Å². The van der Waals surface area contributed by atoms with E-state index in [4.69, 9.17) is 0 Å². The second-order valence-corrected chi connectivity index (χ2v) is 4.04. The first-order valence-corrected chi connectivity index (χ1v) is 4.06. The highest BCUT2D eigenvalue weighted by molar-refractivity contribution is 5.91. The largest absolute Gasteiger partial charge is 0.347 e. The van der Waals surface area contributed by atoms with Crippen LogP contribution in [0.15, 0.2) is 0 Å². The average molecular weight is 171 g/mol. The molecule has 0 saturated carbocycles. The molecule has 0 aliphatic heterocycles. The van der Waals surface area contributed by atoms with Crippen molar-refractivity contribution in [1.82, 2.24) is 5.32 Å². The van der Waals surface area contributed by atoms with Crippen LogP contribution in [-0.2, 0) is 9.59 Å². The maximum absolute atomic E-state index is 11.5. The summed E-state index contributed by atoms with van der Waals surface area (Å²) < 4.78 is 0. The number of ketones is 1. The third-order valence-electron chi connectivity index (χ3n) is 1.55. The fourth-order valence-electron chi connectivity index (χ4n) is 1.02. The van der Waals surface area contributed by atoms with Crippen LogP contribution in [-0.4, -0.2) is 17.7 Å². The van der Waals surface area contributed by atoms with Gasteiger partial charge in [0.25, 0.3) is 0 Å². The average Bonchev–Trinajstić information content (AvgIpc) is 1.82. The molecule has 1 amide bonds. The minimum absolute atomic E-state index is 0.0534.